The second kappa shape index (κ2) is 5.29. The zero-order valence-electron chi connectivity index (χ0n) is 10.3. The number of anilines is 1. The van der Waals surface area contributed by atoms with Crippen LogP contribution >= 0.6 is 11.6 Å². The summed E-state index contributed by atoms with van der Waals surface area (Å²) in [4.78, 5) is 4.15. The number of halogens is 1. The van der Waals surface area contributed by atoms with Crippen molar-refractivity contribution in [1.82, 2.24) is 4.98 Å². The van der Waals surface area contributed by atoms with Gasteiger partial charge in [0.1, 0.15) is 0 Å². The Hall–Kier alpha value is -2.06. The maximum absolute atomic E-state index is 5.87. The quantitative estimate of drug-likeness (QED) is 0.756. The van der Waals surface area contributed by atoms with Crippen molar-refractivity contribution in [2.75, 3.05) is 5.32 Å². The molecule has 0 fully saturated rings. The largest absolute Gasteiger partial charge is 0.381 e. The lowest BCUT2D eigenvalue weighted by atomic mass is 10.1. The summed E-state index contributed by atoms with van der Waals surface area (Å²) in [5.41, 5.74) is 2.32. The maximum Gasteiger partial charge on any atom is 0.0407 e. The summed E-state index contributed by atoms with van der Waals surface area (Å²) in [5.74, 6) is 0. The van der Waals surface area contributed by atoms with Crippen LogP contribution in [0, 0.1) is 0 Å². The van der Waals surface area contributed by atoms with Crippen molar-refractivity contribution in [3.05, 3.63) is 71.5 Å². The highest BCUT2D eigenvalue weighted by molar-refractivity contribution is 6.30. The fraction of sp³-hybridized carbons (Fsp3) is 0.0625. The van der Waals surface area contributed by atoms with Crippen LogP contribution < -0.4 is 5.32 Å². The summed E-state index contributed by atoms with van der Waals surface area (Å²) in [6, 6.07) is 16.0. The molecule has 0 aliphatic heterocycles. The number of benzene rings is 2. The first-order chi connectivity index (χ1) is 9.33. The average molecular weight is 269 g/mol. The minimum absolute atomic E-state index is 0.752. The highest BCUT2D eigenvalue weighted by atomic mass is 35.5. The molecule has 1 aromatic heterocycles. The molecule has 0 amide bonds. The van der Waals surface area contributed by atoms with Crippen molar-refractivity contribution in [2.24, 2.45) is 0 Å². The number of hydrogen-bond acceptors (Lipinski definition) is 2. The highest BCUT2D eigenvalue weighted by Crippen LogP contribution is 2.19. The molecule has 0 aliphatic rings. The van der Waals surface area contributed by atoms with Crippen LogP contribution in [-0.4, -0.2) is 4.98 Å². The van der Waals surface area contributed by atoms with Crippen molar-refractivity contribution in [2.45, 2.75) is 6.54 Å². The molecule has 3 heteroatoms. The van der Waals surface area contributed by atoms with E-state index < -0.39 is 0 Å². The first kappa shape index (κ1) is 12.0. The summed E-state index contributed by atoms with van der Waals surface area (Å²) in [7, 11) is 0. The number of nitrogens with zero attached hydrogens (tertiary/aromatic N) is 1. The fourth-order valence-corrected chi connectivity index (χ4v) is 2.23. The summed E-state index contributed by atoms with van der Waals surface area (Å²) < 4.78 is 0. The van der Waals surface area contributed by atoms with Crippen LogP contribution in [0.4, 0.5) is 5.69 Å². The topological polar surface area (TPSA) is 24.9 Å². The molecular weight excluding hydrogens is 256 g/mol. The Balaban J connectivity index is 1.84. The monoisotopic (exact) mass is 268 g/mol. The predicted molar refractivity (Wildman–Crippen MR) is 80.5 cm³/mol. The molecule has 0 bridgehead atoms. The molecule has 2 nitrogen and oxygen atoms in total. The Morgan fingerprint density at radius 1 is 1.00 bits per heavy atom. The van der Waals surface area contributed by atoms with Crippen molar-refractivity contribution in [3.63, 3.8) is 0 Å². The molecule has 19 heavy (non-hydrogen) atoms. The van der Waals surface area contributed by atoms with Gasteiger partial charge in [0.15, 0.2) is 0 Å². The lowest BCUT2D eigenvalue weighted by molar-refractivity contribution is 1.17. The molecule has 0 saturated carbocycles. The minimum atomic E-state index is 0.752. The summed E-state index contributed by atoms with van der Waals surface area (Å²) in [6.07, 6.45) is 3.72. The van der Waals surface area contributed by atoms with Gasteiger partial charge in [-0.25, -0.2) is 0 Å². The molecule has 0 aliphatic carbocycles. The van der Waals surface area contributed by atoms with Gasteiger partial charge in [-0.05, 0) is 41.3 Å². The highest BCUT2D eigenvalue weighted by Gasteiger charge is 2.00. The number of pyridine rings is 1. The molecule has 1 N–H and O–H groups in total. The van der Waals surface area contributed by atoms with E-state index in [2.05, 4.69) is 28.5 Å². The number of rotatable bonds is 3. The molecule has 94 valence electrons. The molecule has 0 unspecified atom stereocenters. The van der Waals surface area contributed by atoms with E-state index in [-0.39, 0.29) is 0 Å². The molecule has 3 rings (SSSR count). The van der Waals surface area contributed by atoms with E-state index in [1.807, 2.05) is 42.7 Å². The number of nitrogens with one attached hydrogen (secondary N) is 1. The van der Waals surface area contributed by atoms with Crippen LogP contribution in [-0.2, 0) is 6.54 Å². The molecule has 0 radical (unpaired) electrons. The lowest BCUT2D eigenvalue weighted by Crippen LogP contribution is -1.99. The third-order valence-electron chi connectivity index (χ3n) is 3.10. The van der Waals surface area contributed by atoms with Gasteiger partial charge in [-0.1, -0.05) is 29.8 Å². The first-order valence-electron chi connectivity index (χ1n) is 6.14. The van der Waals surface area contributed by atoms with Gasteiger partial charge in [-0.2, -0.15) is 0 Å². The van der Waals surface area contributed by atoms with E-state index in [1.165, 1.54) is 10.9 Å². The Morgan fingerprint density at radius 2 is 1.84 bits per heavy atom. The predicted octanol–water partition coefficient (Wildman–Crippen LogP) is 4.50. The Morgan fingerprint density at radius 3 is 2.68 bits per heavy atom. The van der Waals surface area contributed by atoms with Crippen LogP contribution in [0.3, 0.4) is 0 Å². The van der Waals surface area contributed by atoms with Gasteiger partial charge in [-0.15, -0.1) is 0 Å². The molecule has 3 aromatic rings. The van der Waals surface area contributed by atoms with E-state index >= 15 is 0 Å². The third kappa shape index (κ3) is 2.69. The van der Waals surface area contributed by atoms with Crippen molar-refractivity contribution >= 4 is 28.1 Å². The van der Waals surface area contributed by atoms with Gasteiger partial charge in [0.05, 0.1) is 0 Å². The molecule has 2 aromatic carbocycles. The van der Waals surface area contributed by atoms with Crippen LogP contribution in [0.1, 0.15) is 5.56 Å². The first-order valence-corrected chi connectivity index (χ1v) is 6.52. The summed E-state index contributed by atoms with van der Waals surface area (Å²) in [5, 5.41) is 6.55. The maximum atomic E-state index is 5.87. The Labute approximate surface area is 117 Å². The van der Waals surface area contributed by atoms with E-state index in [0.717, 1.165) is 22.6 Å². The Kier molecular flexibility index (Phi) is 3.34. The molecule has 0 atom stereocenters. The SMILES string of the molecule is Clc1ccc(NCc2cccc3cnccc23)cc1. The van der Waals surface area contributed by atoms with Gasteiger partial charge in [0, 0.05) is 35.0 Å². The van der Waals surface area contributed by atoms with Crippen LogP contribution in [0.15, 0.2) is 60.9 Å². The number of hydrogen-bond donors (Lipinski definition) is 1. The summed E-state index contributed by atoms with van der Waals surface area (Å²) >= 11 is 5.87. The van der Waals surface area contributed by atoms with Gasteiger partial charge in [-0.3, -0.25) is 4.98 Å². The van der Waals surface area contributed by atoms with Crippen LogP contribution in [0.25, 0.3) is 10.8 Å². The zero-order chi connectivity index (χ0) is 13.1. The van der Waals surface area contributed by atoms with Gasteiger partial charge >= 0.3 is 0 Å². The van der Waals surface area contributed by atoms with Crippen LogP contribution in [0.5, 0.6) is 0 Å². The second-order valence-corrected chi connectivity index (χ2v) is 4.81. The average Bonchev–Trinajstić information content (AvgIpc) is 2.47. The van der Waals surface area contributed by atoms with E-state index in [4.69, 9.17) is 11.6 Å². The molecule has 0 saturated heterocycles. The molecular formula is C16H13ClN2. The number of fused-ring (bicyclic) bond motifs is 1. The van der Waals surface area contributed by atoms with Crippen LogP contribution in [0.2, 0.25) is 5.02 Å². The fourth-order valence-electron chi connectivity index (χ4n) is 2.11. The Bertz CT molecular complexity index is 687. The number of aromatic nitrogens is 1. The molecule has 0 spiro atoms. The van der Waals surface area contributed by atoms with Gasteiger partial charge < -0.3 is 5.32 Å². The van der Waals surface area contributed by atoms with Gasteiger partial charge in [0.2, 0.25) is 0 Å². The standard InChI is InChI=1S/C16H13ClN2/c17-14-4-6-15(7-5-14)19-11-13-3-1-2-12-10-18-9-8-16(12)13/h1-10,19H,11H2. The van der Waals surface area contributed by atoms with E-state index in [1.54, 1.807) is 0 Å². The summed E-state index contributed by atoms with van der Waals surface area (Å²) in [6.45, 7) is 0.781. The minimum Gasteiger partial charge on any atom is -0.381 e. The van der Waals surface area contributed by atoms with Gasteiger partial charge in [0.25, 0.3) is 0 Å². The second-order valence-electron chi connectivity index (χ2n) is 4.37. The molecule has 1 heterocycles. The van der Waals surface area contributed by atoms with E-state index in [9.17, 15) is 0 Å². The van der Waals surface area contributed by atoms with Crippen molar-refractivity contribution < 1.29 is 0 Å². The smallest absolute Gasteiger partial charge is 0.0407 e. The zero-order valence-corrected chi connectivity index (χ0v) is 11.1. The van der Waals surface area contributed by atoms with E-state index in [0.29, 0.717) is 0 Å². The van der Waals surface area contributed by atoms with Crippen molar-refractivity contribution in [3.8, 4) is 0 Å². The van der Waals surface area contributed by atoms with Crippen molar-refractivity contribution in [1.29, 1.82) is 0 Å². The third-order valence-corrected chi connectivity index (χ3v) is 3.35. The lowest BCUT2D eigenvalue weighted by Gasteiger charge is -2.09. The normalized spacial score (nSPS) is 10.6.